The number of amides is 1. The Bertz CT molecular complexity index is 516. The van der Waals surface area contributed by atoms with Crippen LogP contribution < -0.4 is 15.8 Å². The average Bonchev–Trinajstić information content (AvgIpc) is 2.38. The molecule has 5 N–H and O–H groups in total. The second-order valence-electron chi connectivity index (χ2n) is 3.88. The Morgan fingerprint density at radius 1 is 1.30 bits per heavy atom. The second kappa shape index (κ2) is 7.10. The van der Waals surface area contributed by atoms with Gasteiger partial charge in [-0.05, 0) is 24.6 Å². The average molecular weight is 282 g/mol. The number of carbonyl (C=O) groups excluding carboxylic acids is 1. The third-order valence-electron chi connectivity index (χ3n) is 2.33. The fourth-order valence-electron chi connectivity index (χ4n) is 1.29. The van der Waals surface area contributed by atoms with Crippen molar-refractivity contribution in [2.24, 2.45) is 5.73 Å². The van der Waals surface area contributed by atoms with Crippen molar-refractivity contribution >= 4 is 18.0 Å². The van der Waals surface area contributed by atoms with Crippen LogP contribution in [-0.4, -0.2) is 40.8 Å². The summed E-state index contributed by atoms with van der Waals surface area (Å²) in [5.41, 5.74) is 5.24. The maximum atomic E-state index is 11.4. The molecule has 8 heteroatoms. The predicted molar refractivity (Wildman–Crippen MR) is 67.7 cm³/mol. The molecule has 20 heavy (non-hydrogen) atoms. The number of rotatable bonds is 6. The number of carboxylic acid groups (broad SMARTS) is 2. The molecule has 1 aromatic rings. The van der Waals surface area contributed by atoms with E-state index in [4.69, 9.17) is 20.7 Å². The van der Waals surface area contributed by atoms with Crippen LogP contribution in [0.3, 0.4) is 0 Å². The van der Waals surface area contributed by atoms with Crippen LogP contribution in [0.25, 0.3) is 0 Å². The van der Waals surface area contributed by atoms with E-state index in [9.17, 15) is 14.4 Å². The molecule has 1 atom stereocenters. The van der Waals surface area contributed by atoms with Crippen molar-refractivity contribution in [1.82, 2.24) is 5.32 Å². The number of carbonyl (C=O) groups is 3. The molecule has 1 rings (SSSR count). The van der Waals surface area contributed by atoms with E-state index in [1.54, 1.807) is 0 Å². The maximum Gasteiger partial charge on any atom is 0.412 e. The smallest absolute Gasteiger partial charge is 0.412 e. The Kier molecular flexibility index (Phi) is 5.48. The standard InChI is InChI=1S/C12H14N2O6/c13-9(11(17)18)4-5-14-12(19)20-8-3-1-2-7(6-8)10(15)16/h1-3,6,9H,4-5,13H2,(H,14,19)(H,15,16)(H,17,18)/t9-/m0/s1. The Hall–Kier alpha value is -2.61. The van der Waals surface area contributed by atoms with Gasteiger partial charge < -0.3 is 26.0 Å². The summed E-state index contributed by atoms with van der Waals surface area (Å²) in [6, 6.07) is 4.36. The number of benzene rings is 1. The number of carboxylic acids is 2. The van der Waals surface area contributed by atoms with Crippen molar-refractivity contribution in [1.29, 1.82) is 0 Å². The van der Waals surface area contributed by atoms with Crippen molar-refractivity contribution < 1.29 is 29.3 Å². The van der Waals surface area contributed by atoms with Gasteiger partial charge in [0.05, 0.1) is 5.56 Å². The number of aromatic carboxylic acids is 1. The van der Waals surface area contributed by atoms with E-state index in [1.807, 2.05) is 0 Å². The van der Waals surface area contributed by atoms with E-state index >= 15 is 0 Å². The third kappa shape index (κ3) is 4.94. The lowest BCUT2D eigenvalue weighted by molar-refractivity contribution is -0.138. The summed E-state index contributed by atoms with van der Waals surface area (Å²) in [5.74, 6) is -2.22. The van der Waals surface area contributed by atoms with Crippen LogP contribution in [0.15, 0.2) is 24.3 Å². The first kappa shape index (κ1) is 15.4. The number of nitrogens with two attached hydrogens (primary N) is 1. The largest absolute Gasteiger partial charge is 0.480 e. The molecule has 0 saturated carbocycles. The van der Waals surface area contributed by atoms with Crippen LogP contribution in [-0.2, 0) is 4.79 Å². The van der Waals surface area contributed by atoms with Crippen molar-refractivity contribution in [2.75, 3.05) is 6.54 Å². The minimum Gasteiger partial charge on any atom is -0.480 e. The summed E-state index contributed by atoms with van der Waals surface area (Å²) in [7, 11) is 0. The zero-order valence-corrected chi connectivity index (χ0v) is 10.4. The molecule has 0 aliphatic rings. The summed E-state index contributed by atoms with van der Waals surface area (Å²) in [5, 5.41) is 19.6. The molecule has 0 saturated heterocycles. The number of hydrogen-bond donors (Lipinski definition) is 4. The molecule has 0 aliphatic carbocycles. The van der Waals surface area contributed by atoms with E-state index in [2.05, 4.69) is 5.32 Å². The number of aliphatic carboxylic acids is 1. The van der Waals surface area contributed by atoms with Crippen LogP contribution in [0.2, 0.25) is 0 Å². The Balaban J connectivity index is 2.44. The normalized spacial score (nSPS) is 11.4. The molecule has 1 aromatic carbocycles. The molecule has 0 spiro atoms. The van der Waals surface area contributed by atoms with Crippen molar-refractivity contribution in [3.8, 4) is 5.75 Å². The molecule has 0 fully saturated rings. The predicted octanol–water partition coefficient (Wildman–Crippen LogP) is 0.275. The monoisotopic (exact) mass is 282 g/mol. The second-order valence-corrected chi connectivity index (χ2v) is 3.88. The van der Waals surface area contributed by atoms with Gasteiger partial charge in [-0.3, -0.25) is 4.79 Å². The van der Waals surface area contributed by atoms with Crippen molar-refractivity contribution in [3.63, 3.8) is 0 Å². The van der Waals surface area contributed by atoms with Crippen LogP contribution >= 0.6 is 0 Å². The molecule has 0 aromatic heterocycles. The Morgan fingerprint density at radius 2 is 2.00 bits per heavy atom. The fraction of sp³-hybridized carbons (Fsp3) is 0.250. The van der Waals surface area contributed by atoms with E-state index in [-0.39, 0.29) is 24.3 Å². The van der Waals surface area contributed by atoms with E-state index in [0.29, 0.717) is 0 Å². The summed E-state index contributed by atoms with van der Waals surface area (Å²) in [4.78, 5) is 32.5. The number of ether oxygens (including phenoxy) is 1. The van der Waals surface area contributed by atoms with Gasteiger partial charge in [0, 0.05) is 6.54 Å². The van der Waals surface area contributed by atoms with E-state index in [0.717, 1.165) is 0 Å². The van der Waals surface area contributed by atoms with Crippen molar-refractivity contribution in [3.05, 3.63) is 29.8 Å². The zero-order valence-electron chi connectivity index (χ0n) is 10.4. The zero-order chi connectivity index (χ0) is 15.1. The van der Waals surface area contributed by atoms with Gasteiger partial charge in [-0.1, -0.05) is 6.07 Å². The van der Waals surface area contributed by atoms with Gasteiger partial charge in [-0.2, -0.15) is 0 Å². The van der Waals surface area contributed by atoms with Gasteiger partial charge in [0.15, 0.2) is 0 Å². The van der Waals surface area contributed by atoms with Gasteiger partial charge >= 0.3 is 18.0 Å². The summed E-state index contributed by atoms with van der Waals surface area (Å²) in [6.07, 6.45) is -0.760. The molecule has 8 nitrogen and oxygen atoms in total. The Morgan fingerprint density at radius 3 is 2.60 bits per heavy atom. The maximum absolute atomic E-state index is 11.4. The first-order valence-corrected chi connectivity index (χ1v) is 5.67. The quantitative estimate of drug-likeness (QED) is 0.587. The molecular formula is C12H14N2O6. The topological polar surface area (TPSA) is 139 Å². The highest BCUT2D eigenvalue weighted by molar-refractivity contribution is 5.88. The lowest BCUT2D eigenvalue weighted by atomic mass is 10.2. The molecule has 0 unspecified atom stereocenters. The lowest BCUT2D eigenvalue weighted by Crippen LogP contribution is -2.36. The summed E-state index contributed by atoms with van der Waals surface area (Å²) in [6.45, 7) is 0.0327. The van der Waals surface area contributed by atoms with Crippen LogP contribution in [0, 0.1) is 0 Å². The molecule has 0 bridgehead atoms. The highest BCUT2D eigenvalue weighted by Gasteiger charge is 2.12. The lowest BCUT2D eigenvalue weighted by Gasteiger charge is -2.08. The van der Waals surface area contributed by atoms with Crippen LogP contribution in [0.5, 0.6) is 5.75 Å². The molecule has 108 valence electrons. The minimum atomic E-state index is -1.16. The highest BCUT2D eigenvalue weighted by atomic mass is 16.6. The van der Waals surface area contributed by atoms with Gasteiger partial charge in [0.1, 0.15) is 11.8 Å². The van der Waals surface area contributed by atoms with E-state index < -0.39 is 24.1 Å². The summed E-state index contributed by atoms with van der Waals surface area (Å²) < 4.78 is 4.85. The van der Waals surface area contributed by atoms with Gasteiger partial charge in [0.25, 0.3) is 0 Å². The highest BCUT2D eigenvalue weighted by Crippen LogP contribution is 2.13. The molecule has 0 radical (unpaired) electrons. The summed E-state index contributed by atoms with van der Waals surface area (Å²) >= 11 is 0. The number of nitrogens with one attached hydrogen (secondary N) is 1. The first-order valence-electron chi connectivity index (χ1n) is 5.67. The fourth-order valence-corrected chi connectivity index (χ4v) is 1.29. The van der Waals surface area contributed by atoms with E-state index in [1.165, 1.54) is 24.3 Å². The van der Waals surface area contributed by atoms with Crippen molar-refractivity contribution in [2.45, 2.75) is 12.5 Å². The van der Waals surface area contributed by atoms with Crippen LogP contribution in [0.4, 0.5) is 4.79 Å². The number of hydrogen-bond acceptors (Lipinski definition) is 5. The molecule has 0 heterocycles. The van der Waals surface area contributed by atoms with Crippen LogP contribution in [0.1, 0.15) is 16.8 Å². The minimum absolute atomic E-state index is 0.0109. The molecule has 0 aliphatic heterocycles. The molecular weight excluding hydrogens is 268 g/mol. The third-order valence-corrected chi connectivity index (χ3v) is 2.33. The van der Waals surface area contributed by atoms with Gasteiger partial charge in [-0.15, -0.1) is 0 Å². The Labute approximate surface area is 114 Å². The molecule has 1 amide bonds. The first-order chi connectivity index (χ1) is 9.40. The van der Waals surface area contributed by atoms with Gasteiger partial charge in [0.2, 0.25) is 0 Å². The van der Waals surface area contributed by atoms with Gasteiger partial charge in [-0.25, -0.2) is 9.59 Å². The SMILES string of the molecule is N[C@@H](CCNC(=O)Oc1cccc(C(=O)O)c1)C(=O)O.